The fraction of sp³-hybridized carbons (Fsp3) is 0. The maximum atomic E-state index is 5.03. The topological polar surface area (TPSA) is 35.6 Å². The molecule has 0 N–H and O–H groups in total. The van der Waals surface area contributed by atoms with Crippen molar-refractivity contribution in [3.63, 3.8) is 0 Å². The van der Waals surface area contributed by atoms with E-state index in [1.54, 1.807) is 0 Å². The first-order chi connectivity index (χ1) is 27.8. The predicted octanol–water partition coefficient (Wildman–Crippen LogP) is 13.3. The molecule has 0 saturated heterocycles. The largest absolute Gasteiger partial charge is 0.309 e. The van der Waals surface area contributed by atoms with E-state index in [-0.39, 0.29) is 0 Å². The molecule has 0 unspecified atom stereocenters. The Kier molecular flexibility index (Phi) is 7.46. The summed E-state index contributed by atoms with van der Waals surface area (Å²) in [5.74, 6) is 0.707. The minimum atomic E-state index is 0.707. The van der Waals surface area contributed by atoms with Crippen LogP contribution in [0.3, 0.4) is 0 Å². The third kappa shape index (κ3) is 5.31. The van der Waals surface area contributed by atoms with Gasteiger partial charge in [-0.2, -0.15) is 0 Å². The van der Waals surface area contributed by atoms with Gasteiger partial charge in [-0.1, -0.05) is 152 Å². The maximum Gasteiger partial charge on any atom is 0.160 e. The average molecular weight is 715 g/mol. The summed E-state index contributed by atoms with van der Waals surface area (Å²) < 4.78 is 4.80. The van der Waals surface area contributed by atoms with Gasteiger partial charge in [-0.25, -0.2) is 9.97 Å². The van der Waals surface area contributed by atoms with Crippen molar-refractivity contribution in [1.82, 2.24) is 19.1 Å². The molecule has 4 heteroatoms. The highest BCUT2D eigenvalue weighted by molar-refractivity contribution is 6.19. The summed E-state index contributed by atoms with van der Waals surface area (Å²) in [6, 6.07) is 73.2. The van der Waals surface area contributed by atoms with E-state index in [9.17, 15) is 0 Å². The molecule has 0 spiro atoms. The predicted molar refractivity (Wildman–Crippen MR) is 232 cm³/mol. The van der Waals surface area contributed by atoms with Crippen LogP contribution in [0.2, 0.25) is 0 Å². The molecule has 0 aliphatic carbocycles. The van der Waals surface area contributed by atoms with E-state index < -0.39 is 0 Å². The molecule has 0 saturated carbocycles. The molecule has 0 fully saturated rings. The van der Waals surface area contributed by atoms with Crippen molar-refractivity contribution in [2.24, 2.45) is 0 Å². The number of fused-ring (bicyclic) bond motifs is 6. The Morgan fingerprint density at radius 2 is 0.679 bits per heavy atom. The highest BCUT2D eigenvalue weighted by Gasteiger charge is 2.18. The zero-order valence-corrected chi connectivity index (χ0v) is 30.4. The van der Waals surface area contributed by atoms with E-state index in [0.717, 1.165) is 50.6 Å². The lowest BCUT2D eigenvalue weighted by molar-refractivity contribution is 1.16. The Morgan fingerprint density at radius 3 is 1.20 bits per heavy atom. The summed E-state index contributed by atoms with van der Waals surface area (Å²) in [5, 5.41) is 5.01. The van der Waals surface area contributed by atoms with Crippen molar-refractivity contribution in [3.05, 3.63) is 206 Å². The summed E-state index contributed by atoms with van der Waals surface area (Å²) >= 11 is 0. The lowest BCUT2D eigenvalue weighted by Gasteiger charge is -2.11. The van der Waals surface area contributed by atoms with Gasteiger partial charge in [-0.05, 0) is 65.7 Å². The van der Waals surface area contributed by atoms with Crippen LogP contribution in [0.1, 0.15) is 0 Å². The van der Waals surface area contributed by atoms with E-state index >= 15 is 0 Å². The summed E-state index contributed by atoms with van der Waals surface area (Å²) in [6.45, 7) is 0. The quantitative estimate of drug-likeness (QED) is 0.172. The van der Waals surface area contributed by atoms with Crippen LogP contribution in [0.4, 0.5) is 0 Å². The van der Waals surface area contributed by atoms with Crippen LogP contribution in [0.15, 0.2) is 206 Å². The minimum absolute atomic E-state index is 0.707. The number of hydrogen-bond acceptors (Lipinski definition) is 2. The zero-order valence-electron chi connectivity index (χ0n) is 30.4. The molecule has 3 aromatic heterocycles. The van der Waals surface area contributed by atoms with Gasteiger partial charge in [0.25, 0.3) is 0 Å². The van der Waals surface area contributed by atoms with Crippen LogP contribution < -0.4 is 0 Å². The number of aromatic nitrogens is 4. The van der Waals surface area contributed by atoms with Crippen molar-refractivity contribution < 1.29 is 0 Å². The van der Waals surface area contributed by atoms with Crippen molar-refractivity contribution >= 4 is 43.6 Å². The monoisotopic (exact) mass is 714 g/mol. The van der Waals surface area contributed by atoms with E-state index in [4.69, 9.17) is 9.97 Å². The molecule has 0 atom stereocenters. The third-order valence-corrected chi connectivity index (χ3v) is 10.9. The number of rotatable bonds is 6. The van der Waals surface area contributed by atoms with Crippen molar-refractivity contribution in [2.45, 2.75) is 0 Å². The van der Waals surface area contributed by atoms with Crippen LogP contribution in [-0.2, 0) is 0 Å². The summed E-state index contributed by atoms with van der Waals surface area (Å²) in [7, 11) is 0. The Bertz CT molecular complexity index is 3140. The minimum Gasteiger partial charge on any atom is -0.309 e. The molecule has 3 heterocycles. The molecule has 56 heavy (non-hydrogen) atoms. The molecular formula is C52H34N4. The Hall–Kier alpha value is -7.56. The second kappa shape index (κ2) is 13.1. The molecule has 11 rings (SSSR count). The molecule has 0 radical (unpaired) electrons. The Labute approximate surface area is 324 Å². The van der Waals surface area contributed by atoms with Crippen LogP contribution in [-0.4, -0.2) is 19.1 Å². The number of nitrogens with zero attached hydrogens (tertiary/aromatic N) is 4. The normalized spacial score (nSPS) is 11.6. The number of para-hydroxylation sites is 3. The highest BCUT2D eigenvalue weighted by Crippen LogP contribution is 2.40. The molecular weight excluding hydrogens is 681 g/mol. The lowest BCUT2D eigenvalue weighted by atomic mass is 10.0. The Balaban J connectivity index is 0.993. The van der Waals surface area contributed by atoms with Gasteiger partial charge >= 0.3 is 0 Å². The second-order valence-corrected chi connectivity index (χ2v) is 14.2. The fourth-order valence-electron chi connectivity index (χ4n) is 8.27. The smallest absolute Gasteiger partial charge is 0.160 e. The molecule has 0 aliphatic heterocycles. The maximum absolute atomic E-state index is 5.03. The van der Waals surface area contributed by atoms with Crippen molar-refractivity contribution in [3.8, 4) is 56.4 Å². The van der Waals surface area contributed by atoms with Crippen LogP contribution in [0.25, 0.3) is 100 Å². The van der Waals surface area contributed by atoms with E-state index in [1.165, 1.54) is 43.6 Å². The van der Waals surface area contributed by atoms with Gasteiger partial charge in [0.1, 0.15) is 0 Å². The van der Waals surface area contributed by atoms with E-state index in [1.807, 2.05) is 36.4 Å². The molecule has 262 valence electrons. The molecule has 0 aliphatic rings. The molecule has 0 bridgehead atoms. The van der Waals surface area contributed by atoms with Gasteiger partial charge in [0, 0.05) is 49.6 Å². The van der Waals surface area contributed by atoms with Gasteiger partial charge in [-0.15, -0.1) is 0 Å². The van der Waals surface area contributed by atoms with Crippen LogP contribution >= 0.6 is 0 Å². The van der Waals surface area contributed by atoms with Gasteiger partial charge in [0.15, 0.2) is 5.82 Å². The third-order valence-electron chi connectivity index (χ3n) is 10.9. The van der Waals surface area contributed by atoms with Gasteiger partial charge in [0.05, 0.1) is 33.5 Å². The van der Waals surface area contributed by atoms with Crippen molar-refractivity contribution in [1.29, 1.82) is 0 Å². The number of benzene rings is 8. The lowest BCUT2D eigenvalue weighted by Crippen LogP contribution is -1.96. The van der Waals surface area contributed by atoms with Gasteiger partial charge in [-0.3, -0.25) is 0 Å². The summed E-state index contributed by atoms with van der Waals surface area (Å²) in [4.78, 5) is 10.1. The second-order valence-electron chi connectivity index (χ2n) is 14.2. The average Bonchev–Trinajstić information content (AvgIpc) is 3.78. The molecule has 11 aromatic rings. The molecule has 4 nitrogen and oxygen atoms in total. The Morgan fingerprint density at radius 1 is 0.268 bits per heavy atom. The standard InChI is InChI=1S/C52H34N4/c1-4-14-37(15-5-1)46-33-47(38-16-6-2-7-17-38)54-52(53-46)39-26-24-35(25-27-39)36-28-30-41(31-29-36)56-49-23-13-11-21-43(49)45-32-44-42-20-10-12-22-48(42)55(50(44)34-51(45)56)40-18-8-3-9-19-40/h1-34H. The highest BCUT2D eigenvalue weighted by atomic mass is 15.0. The fourth-order valence-corrected chi connectivity index (χ4v) is 8.27. The van der Waals surface area contributed by atoms with Crippen molar-refractivity contribution in [2.75, 3.05) is 0 Å². The summed E-state index contributed by atoms with van der Waals surface area (Å²) in [6.07, 6.45) is 0. The first-order valence-corrected chi connectivity index (χ1v) is 19.0. The van der Waals surface area contributed by atoms with Crippen LogP contribution in [0.5, 0.6) is 0 Å². The molecule has 0 amide bonds. The zero-order chi connectivity index (χ0) is 37.0. The van der Waals surface area contributed by atoms with E-state index in [0.29, 0.717) is 5.82 Å². The van der Waals surface area contributed by atoms with E-state index in [2.05, 4.69) is 179 Å². The molecule has 8 aromatic carbocycles. The SMILES string of the molecule is c1ccc(-c2cc(-c3ccccc3)nc(-c3ccc(-c4ccc(-n5c6ccccc6c6cc7c8ccccc8n(-c8ccccc8)c7cc65)cc4)cc3)n2)cc1. The first-order valence-electron chi connectivity index (χ1n) is 19.0. The first kappa shape index (κ1) is 31.9. The number of hydrogen-bond donors (Lipinski definition) is 0. The van der Waals surface area contributed by atoms with Gasteiger partial charge < -0.3 is 9.13 Å². The van der Waals surface area contributed by atoms with Crippen LogP contribution in [0, 0.1) is 0 Å². The summed E-state index contributed by atoms with van der Waals surface area (Å²) in [5.41, 5.74) is 14.3. The van der Waals surface area contributed by atoms with Gasteiger partial charge in [0.2, 0.25) is 0 Å².